The molecule has 0 aliphatic carbocycles. The van der Waals surface area contributed by atoms with Crippen LogP contribution in [0.15, 0.2) is 49.1 Å². The van der Waals surface area contributed by atoms with Gasteiger partial charge in [-0.05, 0) is 24.6 Å². The van der Waals surface area contributed by atoms with Crippen molar-refractivity contribution in [1.29, 1.82) is 0 Å². The van der Waals surface area contributed by atoms with Gasteiger partial charge in [0.05, 0.1) is 30.6 Å². The second-order valence-corrected chi connectivity index (χ2v) is 8.76. The summed E-state index contributed by atoms with van der Waals surface area (Å²) in [7, 11) is 0. The van der Waals surface area contributed by atoms with Gasteiger partial charge in [0.2, 0.25) is 0 Å². The maximum Gasteiger partial charge on any atom is 0.259 e. The van der Waals surface area contributed by atoms with Crippen molar-refractivity contribution in [2.24, 2.45) is 11.5 Å². The largest absolute Gasteiger partial charge is 0.404 e. The summed E-state index contributed by atoms with van der Waals surface area (Å²) in [6.07, 6.45) is 6.42. The molecule has 190 valence electrons. The second kappa shape index (κ2) is 11.0. The third-order valence-electron chi connectivity index (χ3n) is 6.47. The Bertz CT molecular complexity index is 1190. The van der Waals surface area contributed by atoms with Crippen molar-refractivity contribution in [3.05, 3.63) is 77.5 Å². The topological polar surface area (TPSA) is 111 Å². The minimum atomic E-state index is -0.948. The van der Waals surface area contributed by atoms with Gasteiger partial charge in [-0.1, -0.05) is 19.6 Å². The zero-order valence-corrected chi connectivity index (χ0v) is 20.2. The van der Waals surface area contributed by atoms with E-state index in [0.29, 0.717) is 80.1 Å². The lowest BCUT2D eigenvalue weighted by atomic mass is 9.95. The van der Waals surface area contributed by atoms with E-state index in [9.17, 15) is 4.79 Å². The van der Waals surface area contributed by atoms with Gasteiger partial charge in [-0.15, -0.1) is 0 Å². The highest BCUT2D eigenvalue weighted by molar-refractivity contribution is 5.96. The van der Waals surface area contributed by atoms with Crippen molar-refractivity contribution >= 4 is 11.5 Å². The van der Waals surface area contributed by atoms with Crippen LogP contribution in [0, 0.1) is 11.6 Å². The van der Waals surface area contributed by atoms with E-state index < -0.39 is 23.1 Å². The molecule has 1 amide bonds. The Morgan fingerprint density at radius 1 is 1.14 bits per heavy atom. The number of amides is 1. The first-order valence-electron chi connectivity index (χ1n) is 11.8. The van der Waals surface area contributed by atoms with Crippen LogP contribution >= 0.6 is 0 Å². The fourth-order valence-electron chi connectivity index (χ4n) is 4.43. The van der Waals surface area contributed by atoms with Crippen LogP contribution in [-0.2, 0) is 11.2 Å². The molecule has 0 bridgehead atoms. The first-order valence-corrected chi connectivity index (χ1v) is 11.8. The molecule has 0 radical (unpaired) electrons. The molecule has 0 saturated carbocycles. The van der Waals surface area contributed by atoms with Crippen LogP contribution in [-0.4, -0.2) is 71.1 Å². The van der Waals surface area contributed by atoms with Gasteiger partial charge in [0, 0.05) is 54.8 Å². The molecule has 0 atom stereocenters. The quantitative estimate of drug-likeness (QED) is 0.567. The van der Waals surface area contributed by atoms with E-state index in [1.807, 2.05) is 6.92 Å². The lowest BCUT2D eigenvalue weighted by molar-refractivity contribution is -0.0746. The Morgan fingerprint density at radius 2 is 1.81 bits per heavy atom. The summed E-state index contributed by atoms with van der Waals surface area (Å²) in [6.45, 7) is 8.98. The minimum Gasteiger partial charge on any atom is -0.404 e. The Morgan fingerprint density at radius 3 is 2.33 bits per heavy atom. The molecule has 2 aromatic rings. The molecule has 36 heavy (non-hydrogen) atoms. The maximum atomic E-state index is 15.3. The number of hydrogen-bond donors (Lipinski definition) is 2. The van der Waals surface area contributed by atoms with Crippen molar-refractivity contribution in [2.45, 2.75) is 19.4 Å². The van der Waals surface area contributed by atoms with Gasteiger partial charge in [0.15, 0.2) is 0 Å². The number of nitrogens with zero attached hydrogens (tertiary/aromatic N) is 4. The number of halogens is 2. The molecule has 1 aromatic carbocycles. The fourth-order valence-corrected chi connectivity index (χ4v) is 4.43. The molecule has 0 spiro atoms. The van der Waals surface area contributed by atoms with Crippen LogP contribution < -0.4 is 11.5 Å². The number of allylic oxidation sites excluding steroid dienone is 3. The normalized spacial score (nSPS) is 17.4. The molecule has 8 nitrogen and oxygen atoms in total. The highest BCUT2D eigenvalue weighted by Crippen LogP contribution is 2.32. The van der Waals surface area contributed by atoms with Gasteiger partial charge in [0.25, 0.3) is 5.91 Å². The first-order chi connectivity index (χ1) is 17.3. The van der Waals surface area contributed by atoms with Gasteiger partial charge in [-0.3, -0.25) is 9.69 Å². The van der Waals surface area contributed by atoms with Crippen LogP contribution in [0.2, 0.25) is 0 Å². The molecule has 1 aromatic heterocycles. The van der Waals surface area contributed by atoms with Crippen molar-refractivity contribution in [3.8, 4) is 11.3 Å². The SMILES string of the molecule is C=C(N)/C=C\C(=C/N)c1c(CC)ncnc1-c1cc(F)c(C(=O)N2CCN(C3COC3)CC2)c(F)c1. The Balaban J connectivity index is 1.65. The van der Waals surface area contributed by atoms with Crippen LogP contribution in [0.3, 0.4) is 0 Å². The summed E-state index contributed by atoms with van der Waals surface area (Å²) < 4.78 is 35.8. The molecule has 2 aliphatic rings. The molecule has 2 fully saturated rings. The third kappa shape index (κ3) is 5.14. The maximum absolute atomic E-state index is 15.3. The highest BCUT2D eigenvalue weighted by atomic mass is 19.1. The first kappa shape index (κ1) is 25.5. The number of carbonyl (C=O) groups excluding carboxylic acids is 1. The van der Waals surface area contributed by atoms with Gasteiger partial charge in [-0.2, -0.15) is 0 Å². The molecule has 2 aliphatic heterocycles. The van der Waals surface area contributed by atoms with Crippen molar-refractivity contribution in [1.82, 2.24) is 19.8 Å². The average Bonchev–Trinajstić information content (AvgIpc) is 2.83. The lowest BCUT2D eigenvalue weighted by Crippen LogP contribution is -2.57. The number of carbonyl (C=O) groups is 1. The molecular formula is C26H30F2N6O2. The minimum absolute atomic E-state index is 0.169. The number of piperazine rings is 1. The summed E-state index contributed by atoms with van der Waals surface area (Å²) in [5.41, 5.74) is 13.4. The van der Waals surface area contributed by atoms with E-state index in [1.54, 1.807) is 12.2 Å². The smallest absolute Gasteiger partial charge is 0.259 e. The molecule has 4 N–H and O–H groups in total. The van der Waals surface area contributed by atoms with E-state index >= 15 is 8.78 Å². The number of nitrogens with two attached hydrogens (primary N) is 2. The van der Waals surface area contributed by atoms with Gasteiger partial charge < -0.3 is 21.1 Å². The molecule has 3 heterocycles. The second-order valence-electron chi connectivity index (χ2n) is 8.76. The number of benzene rings is 1. The van der Waals surface area contributed by atoms with Gasteiger partial charge >= 0.3 is 0 Å². The molecule has 2 saturated heterocycles. The average molecular weight is 497 g/mol. The molecule has 4 rings (SSSR count). The number of aryl methyl sites for hydroxylation is 1. The standard InChI is InChI=1S/C26H30F2N6O2/c1-3-22-23(17(12-29)5-4-16(2)30)25(32-15-31-22)18-10-20(27)24(21(28)11-18)26(35)34-8-6-33(7-9-34)19-13-36-14-19/h4-5,10-12,15,19H,2-3,6-9,13-14,29-30H2,1H3/b5-4-,17-12+. The highest BCUT2D eigenvalue weighted by Gasteiger charge is 2.32. The van der Waals surface area contributed by atoms with Crippen molar-refractivity contribution < 1.29 is 18.3 Å². The number of rotatable bonds is 7. The van der Waals surface area contributed by atoms with E-state index in [4.69, 9.17) is 16.2 Å². The zero-order chi connectivity index (χ0) is 25.8. The fraction of sp³-hybridized carbons (Fsp3) is 0.346. The van der Waals surface area contributed by atoms with Gasteiger partial charge in [0.1, 0.15) is 23.5 Å². The van der Waals surface area contributed by atoms with Crippen LogP contribution in [0.1, 0.15) is 28.5 Å². The van der Waals surface area contributed by atoms with Gasteiger partial charge in [-0.25, -0.2) is 18.7 Å². The Hall–Kier alpha value is -3.63. The summed E-state index contributed by atoms with van der Waals surface area (Å²) in [5, 5.41) is 0. The van der Waals surface area contributed by atoms with Crippen molar-refractivity contribution in [3.63, 3.8) is 0 Å². The zero-order valence-electron chi connectivity index (χ0n) is 20.2. The molecule has 0 unspecified atom stereocenters. The summed E-state index contributed by atoms with van der Waals surface area (Å²) >= 11 is 0. The molecular weight excluding hydrogens is 466 g/mol. The van der Waals surface area contributed by atoms with Crippen LogP contribution in [0.25, 0.3) is 16.8 Å². The molecule has 10 heteroatoms. The van der Waals surface area contributed by atoms with E-state index in [1.165, 1.54) is 17.4 Å². The monoisotopic (exact) mass is 496 g/mol. The van der Waals surface area contributed by atoms with E-state index in [2.05, 4.69) is 21.4 Å². The third-order valence-corrected chi connectivity index (χ3v) is 6.47. The van der Waals surface area contributed by atoms with Crippen LogP contribution in [0.5, 0.6) is 0 Å². The number of ether oxygens (including phenoxy) is 1. The van der Waals surface area contributed by atoms with E-state index in [0.717, 1.165) is 12.1 Å². The summed E-state index contributed by atoms with van der Waals surface area (Å²) in [5.74, 6) is -2.56. The predicted octanol–water partition coefficient (Wildman–Crippen LogP) is 2.47. The summed E-state index contributed by atoms with van der Waals surface area (Å²) in [4.78, 5) is 25.4. The summed E-state index contributed by atoms with van der Waals surface area (Å²) in [6, 6.07) is 2.61. The van der Waals surface area contributed by atoms with E-state index in [-0.39, 0.29) is 5.56 Å². The Kier molecular flexibility index (Phi) is 7.76. The number of hydrogen-bond acceptors (Lipinski definition) is 7. The predicted molar refractivity (Wildman–Crippen MR) is 133 cm³/mol. The van der Waals surface area contributed by atoms with Crippen molar-refractivity contribution in [2.75, 3.05) is 39.4 Å². The lowest BCUT2D eigenvalue weighted by Gasteiger charge is -2.42. The van der Waals surface area contributed by atoms with Crippen LogP contribution in [0.4, 0.5) is 8.78 Å². The number of aromatic nitrogens is 2. The Labute approximate surface area is 208 Å².